The van der Waals surface area contributed by atoms with E-state index < -0.39 is 5.97 Å². The van der Waals surface area contributed by atoms with Gasteiger partial charge in [0.25, 0.3) is 5.89 Å². The molecule has 0 spiro atoms. The van der Waals surface area contributed by atoms with Crippen LogP contribution >= 0.6 is 0 Å². The number of benzene rings is 1. The molecular formula is C17H21N3O6. The highest BCUT2D eigenvalue weighted by atomic mass is 16.6. The topological polar surface area (TPSA) is 113 Å². The highest BCUT2D eigenvalue weighted by molar-refractivity contribution is 6.01. The first-order chi connectivity index (χ1) is 12.5. The molecule has 2 rings (SSSR count). The fourth-order valence-electron chi connectivity index (χ4n) is 2.22. The van der Waals surface area contributed by atoms with Crippen molar-refractivity contribution in [2.75, 3.05) is 19.5 Å². The maximum absolute atomic E-state index is 12.5. The predicted molar refractivity (Wildman–Crippen MR) is 91.3 cm³/mol. The van der Waals surface area contributed by atoms with Gasteiger partial charge in [-0.1, -0.05) is 12.1 Å². The number of anilines is 1. The van der Waals surface area contributed by atoms with Crippen LogP contribution in [0.2, 0.25) is 0 Å². The molecule has 0 radical (unpaired) electrons. The average molecular weight is 363 g/mol. The third-order valence-corrected chi connectivity index (χ3v) is 3.36. The van der Waals surface area contributed by atoms with Gasteiger partial charge in [-0.2, -0.15) is 4.98 Å². The molecule has 1 heterocycles. The Morgan fingerprint density at radius 1 is 1.19 bits per heavy atom. The summed E-state index contributed by atoms with van der Waals surface area (Å²) in [5.74, 6) is 0.440. The van der Waals surface area contributed by atoms with Gasteiger partial charge in [0, 0.05) is 25.5 Å². The summed E-state index contributed by atoms with van der Waals surface area (Å²) in [5.41, 5.74) is 0.364. The molecule has 26 heavy (non-hydrogen) atoms. The number of amides is 1. The Morgan fingerprint density at radius 3 is 2.50 bits per heavy atom. The van der Waals surface area contributed by atoms with Crippen LogP contribution in [-0.2, 0) is 22.6 Å². The molecule has 0 aliphatic rings. The van der Waals surface area contributed by atoms with Gasteiger partial charge in [0.1, 0.15) is 0 Å². The number of rotatable bonds is 8. The third kappa shape index (κ3) is 4.71. The number of hydrogen-bond acceptors (Lipinski definition) is 8. The molecule has 1 amide bonds. The Hall–Kier alpha value is -3.10. The SMILES string of the molecule is CCCc1noc(COC(=O)c2cc(OC)c(OC)cc2NC(C)=O)n1. The Kier molecular flexibility index (Phi) is 6.54. The number of hydrogen-bond donors (Lipinski definition) is 1. The number of nitrogens with zero attached hydrogens (tertiary/aromatic N) is 2. The molecule has 0 saturated heterocycles. The maximum atomic E-state index is 12.5. The Balaban J connectivity index is 2.20. The molecule has 0 fully saturated rings. The van der Waals surface area contributed by atoms with Crippen LogP contribution in [0.25, 0.3) is 0 Å². The largest absolute Gasteiger partial charge is 0.493 e. The summed E-state index contributed by atoms with van der Waals surface area (Å²) in [5, 5.41) is 6.37. The summed E-state index contributed by atoms with van der Waals surface area (Å²) in [4.78, 5) is 28.0. The molecule has 9 nitrogen and oxygen atoms in total. The van der Waals surface area contributed by atoms with Gasteiger partial charge in [-0.3, -0.25) is 4.79 Å². The summed E-state index contributed by atoms with van der Waals surface area (Å²) in [6.07, 6.45) is 1.56. The van der Waals surface area contributed by atoms with Gasteiger partial charge in [0.15, 0.2) is 23.9 Å². The van der Waals surface area contributed by atoms with Crippen molar-refractivity contribution in [2.45, 2.75) is 33.3 Å². The minimum Gasteiger partial charge on any atom is -0.493 e. The highest BCUT2D eigenvalue weighted by Gasteiger charge is 2.20. The van der Waals surface area contributed by atoms with Crippen LogP contribution in [-0.4, -0.2) is 36.2 Å². The van der Waals surface area contributed by atoms with Crippen molar-refractivity contribution >= 4 is 17.6 Å². The molecule has 1 aromatic carbocycles. The standard InChI is InChI=1S/C17H21N3O6/c1-5-6-15-19-16(26-20-15)9-25-17(22)11-7-13(23-3)14(24-4)8-12(11)18-10(2)21/h7-8H,5-6,9H2,1-4H3,(H,18,21). The number of esters is 1. The van der Waals surface area contributed by atoms with Crippen LogP contribution in [0, 0.1) is 0 Å². The van der Waals surface area contributed by atoms with Crippen LogP contribution in [0.3, 0.4) is 0 Å². The molecule has 0 bridgehead atoms. The zero-order valence-corrected chi connectivity index (χ0v) is 15.1. The van der Waals surface area contributed by atoms with Crippen LogP contribution in [0.1, 0.15) is 42.3 Å². The van der Waals surface area contributed by atoms with Crippen molar-refractivity contribution in [3.63, 3.8) is 0 Å². The fraction of sp³-hybridized carbons (Fsp3) is 0.412. The molecule has 2 aromatic rings. The van der Waals surface area contributed by atoms with E-state index in [-0.39, 0.29) is 29.7 Å². The van der Waals surface area contributed by atoms with Crippen molar-refractivity contribution in [3.05, 3.63) is 29.4 Å². The van der Waals surface area contributed by atoms with Crippen molar-refractivity contribution in [2.24, 2.45) is 0 Å². The Labute approximate surface area is 150 Å². The predicted octanol–water partition coefficient (Wildman–Crippen LogP) is 2.35. The van der Waals surface area contributed by atoms with E-state index >= 15 is 0 Å². The van der Waals surface area contributed by atoms with Gasteiger partial charge in [-0.25, -0.2) is 4.79 Å². The van der Waals surface area contributed by atoms with E-state index in [1.54, 1.807) is 0 Å². The lowest BCUT2D eigenvalue weighted by molar-refractivity contribution is -0.114. The quantitative estimate of drug-likeness (QED) is 0.711. The zero-order chi connectivity index (χ0) is 19.1. The van der Waals surface area contributed by atoms with E-state index in [0.29, 0.717) is 23.7 Å². The van der Waals surface area contributed by atoms with Crippen molar-refractivity contribution in [1.82, 2.24) is 10.1 Å². The lowest BCUT2D eigenvalue weighted by atomic mass is 10.1. The number of carbonyl (C=O) groups excluding carboxylic acids is 2. The maximum Gasteiger partial charge on any atom is 0.340 e. The normalized spacial score (nSPS) is 10.3. The lowest BCUT2D eigenvalue weighted by Crippen LogP contribution is -2.13. The minimum absolute atomic E-state index is 0.117. The van der Waals surface area contributed by atoms with Gasteiger partial charge in [-0.15, -0.1) is 0 Å². The molecule has 0 aliphatic heterocycles. The summed E-state index contributed by atoms with van der Waals surface area (Å²) in [7, 11) is 2.90. The minimum atomic E-state index is -0.676. The third-order valence-electron chi connectivity index (χ3n) is 3.36. The van der Waals surface area contributed by atoms with Gasteiger partial charge in [-0.05, 0) is 6.42 Å². The van der Waals surface area contributed by atoms with E-state index in [9.17, 15) is 9.59 Å². The van der Waals surface area contributed by atoms with Gasteiger partial charge in [0.05, 0.1) is 25.5 Å². The average Bonchev–Trinajstić information content (AvgIpc) is 3.06. The Morgan fingerprint density at radius 2 is 1.88 bits per heavy atom. The summed E-state index contributed by atoms with van der Waals surface area (Å²) >= 11 is 0. The molecule has 1 N–H and O–H groups in total. The second-order valence-electron chi connectivity index (χ2n) is 5.36. The van der Waals surface area contributed by atoms with E-state index in [2.05, 4.69) is 15.5 Å². The molecule has 0 unspecified atom stereocenters. The molecule has 140 valence electrons. The first-order valence-corrected chi connectivity index (χ1v) is 8.00. The summed E-state index contributed by atoms with van der Waals surface area (Å²) in [6, 6.07) is 2.92. The number of nitrogens with one attached hydrogen (secondary N) is 1. The molecule has 9 heteroatoms. The zero-order valence-electron chi connectivity index (χ0n) is 15.1. The smallest absolute Gasteiger partial charge is 0.340 e. The monoisotopic (exact) mass is 363 g/mol. The molecule has 0 saturated carbocycles. The van der Waals surface area contributed by atoms with Crippen LogP contribution in [0.15, 0.2) is 16.7 Å². The molecule has 0 atom stereocenters. The second-order valence-corrected chi connectivity index (χ2v) is 5.36. The van der Waals surface area contributed by atoms with Crippen LogP contribution in [0.4, 0.5) is 5.69 Å². The van der Waals surface area contributed by atoms with Crippen LogP contribution < -0.4 is 14.8 Å². The van der Waals surface area contributed by atoms with E-state index in [4.69, 9.17) is 18.7 Å². The van der Waals surface area contributed by atoms with Crippen LogP contribution in [0.5, 0.6) is 11.5 Å². The molecular weight excluding hydrogens is 342 g/mol. The first-order valence-electron chi connectivity index (χ1n) is 8.00. The van der Waals surface area contributed by atoms with Gasteiger partial charge >= 0.3 is 5.97 Å². The number of methoxy groups -OCH3 is 2. The lowest BCUT2D eigenvalue weighted by Gasteiger charge is -2.14. The number of aryl methyl sites for hydroxylation is 1. The molecule has 1 aromatic heterocycles. The van der Waals surface area contributed by atoms with E-state index in [1.807, 2.05) is 6.92 Å². The first kappa shape index (κ1) is 19.2. The fourth-order valence-corrected chi connectivity index (χ4v) is 2.22. The number of carbonyl (C=O) groups is 2. The Bertz CT molecular complexity index is 787. The number of aromatic nitrogens is 2. The summed E-state index contributed by atoms with van der Waals surface area (Å²) < 4.78 is 20.6. The van der Waals surface area contributed by atoms with E-state index in [1.165, 1.54) is 33.3 Å². The second kappa shape index (κ2) is 8.84. The highest BCUT2D eigenvalue weighted by Crippen LogP contribution is 2.33. The number of ether oxygens (including phenoxy) is 3. The van der Waals surface area contributed by atoms with Crippen molar-refractivity contribution in [1.29, 1.82) is 0 Å². The van der Waals surface area contributed by atoms with Crippen molar-refractivity contribution in [3.8, 4) is 11.5 Å². The van der Waals surface area contributed by atoms with Crippen molar-refractivity contribution < 1.29 is 28.3 Å². The summed E-state index contributed by atoms with van der Waals surface area (Å²) in [6.45, 7) is 3.15. The molecule has 0 aliphatic carbocycles. The van der Waals surface area contributed by atoms with Gasteiger partial charge < -0.3 is 24.1 Å². The van der Waals surface area contributed by atoms with Gasteiger partial charge in [0.2, 0.25) is 5.91 Å². The van der Waals surface area contributed by atoms with E-state index in [0.717, 1.165) is 6.42 Å².